The molecular weight excluding hydrogens is 443 g/mol. The van der Waals surface area contributed by atoms with Crippen LogP contribution in [-0.4, -0.2) is 16.9 Å². The minimum Gasteiger partial charge on any atom is -0.507 e. The number of halogens is 1. The lowest BCUT2D eigenvalue weighted by atomic mass is 10.0. The molecule has 26 heavy (non-hydrogen) atoms. The van der Waals surface area contributed by atoms with Gasteiger partial charge in [0.05, 0.1) is 5.69 Å². The van der Waals surface area contributed by atoms with Crippen LogP contribution >= 0.6 is 22.6 Å². The van der Waals surface area contributed by atoms with Crippen molar-refractivity contribution < 1.29 is 14.7 Å². The number of hydrogen-bond acceptors (Lipinski definition) is 3. The van der Waals surface area contributed by atoms with E-state index in [2.05, 4.69) is 28.0 Å². The van der Waals surface area contributed by atoms with Gasteiger partial charge in [-0.2, -0.15) is 0 Å². The van der Waals surface area contributed by atoms with Gasteiger partial charge in [0.2, 0.25) is 0 Å². The Hall–Kier alpha value is -2.87. The van der Waals surface area contributed by atoms with Gasteiger partial charge in [-0.05, 0) is 69.9 Å². The first-order chi connectivity index (χ1) is 12.5. The highest BCUT2D eigenvalue weighted by molar-refractivity contribution is 14.1. The normalized spacial score (nSPS) is 15.7. The Morgan fingerprint density at radius 3 is 2.35 bits per heavy atom. The van der Waals surface area contributed by atoms with Crippen molar-refractivity contribution in [2.75, 3.05) is 5.01 Å². The molecule has 0 aliphatic carbocycles. The number of amides is 2. The van der Waals surface area contributed by atoms with Crippen molar-refractivity contribution in [2.45, 2.75) is 0 Å². The highest BCUT2D eigenvalue weighted by Gasteiger charge is 2.34. The molecule has 2 N–H and O–H groups in total. The van der Waals surface area contributed by atoms with Crippen LogP contribution in [0.15, 0.2) is 66.2 Å². The van der Waals surface area contributed by atoms with E-state index in [4.69, 9.17) is 0 Å². The lowest BCUT2D eigenvalue weighted by Gasteiger charge is -2.14. The van der Waals surface area contributed by atoms with Gasteiger partial charge in [-0.25, -0.2) is 5.01 Å². The van der Waals surface area contributed by atoms with Crippen molar-refractivity contribution in [1.29, 1.82) is 0 Å². The molecule has 6 heteroatoms. The zero-order valence-corrected chi connectivity index (χ0v) is 15.6. The Bertz CT molecular complexity index is 1070. The van der Waals surface area contributed by atoms with Gasteiger partial charge >= 0.3 is 0 Å². The number of nitrogens with zero attached hydrogens (tertiary/aromatic N) is 1. The maximum atomic E-state index is 12.7. The molecule has 1 saturated heterocycles. The topological polar surface area (TPSA) is 69.6 Å². The first-order valence-corrected chi connectivity index (χ1v) is 8.96. The first kappa shape index (κ1) is 16.6. The van der Waals surface area contributed by atoms with Gasteiger partial charge in [0, 0.05) is 8.96 Å². The Morgan fingerprint density at radius 1 is 0.923 bits per heavy atom. The Morgan fingerprint density at radius 2 is 1.62 bits per heavy atom. The lowest BCUT2D eigenvalue weighted by Crippen LogP contribution is -2.35. The minimum atomic E-state index is -0.453. The van der Waals surface area contributed by atoms with E-state index in [1.165, 1.54) is 5.01 Å². The third-order valence-corrected chi connectivity index (χ3v) is 4.93. The average molecular weight is 456 g/mol. The molecule has 0 unspecified atom stereocenters. The number of rotatable bonds is 2. The second kappa shape index (κ2) is 6.45. The highest BCUT2D eigenvalue weighted by atomic mass is 127. The molecule has 1 aliphatic heterocycles. The van der Waals surface area contributed by atoms with Crippen molar-refractivity contribution in [3.8, 4) is 5.75 Å². The first-order valence-electron chi connectivity index (χ1n) is 7.88. The van der Waals surface area contributed by atoms with Gasteiger partial charge in [0.1, 0.15) is 11.3 Å². The quantitative estimate of drug-likeness (QED) is 0.352. The van der Waals surface area contributed by atoms with E-state index in [0.29, 0.717) is 16.6 Å². The van der Waals surface area contributed by atoms with Crippen molar-refractivity contribution in [2.24, 2.45) is 0 Å². The molecule has 0 bridgehead atoms. The van der Waals surface area contributed by atoms with Gasteiger partial charge in [-0.1, -0.05) is 30.3 Å². The molecule has 0 saturated carbocycles. The summed E-state index contributed by atoms with van der Waals surface area (Å²) in [5.74, 6) is -0.704. The standard InChI is InChI=1S/C20H13IN2O3/c21-13-6-8-14(9-7-13)23-20(26)17(19(25)22-23)11-12-5-10-18(24)16-4-2-1-3-15(12)16/h1-11,24H,(H,22,25). The van der Waals surface area contributed by atoms with Crippen molar-refractivity contribution in [3.05, 3.63) is 75.4 Å². The van der Waals surface area contributed by atoms with Crippen LogP contribution in [0.4, 0.5) is 5.69 Å². The van der Waals surface area contributed by atoms with Gasteiger partial charge in [-0.3, -0.25) is 15.0 Å². The fourth-order valence-corrected chi connectivity index (χ4v) is 3.28. The number of phenolic OH excluding ortho intramolecular Hbond substituents is 1. The molecule has 0 atom stereocenters. The third-order valence-electron chi connectivity index (χ3n) is 4.21. The van der Waals surface area contributed by atoms with Crippen LogP contribution in [0.3, 0.4) is 0 Å². The van der Waals surface area contributed by atoms with Crippen LogP contribution in [0.2, 0.25) is 0 Å². The third kappa shape index (κ3) is 2.82. The fraction of sp³-hybridized carbons (Fsp3) is 0. The fourth-order valence-electron chi connectivity index (χ4n) is 2.92. The maximum absolute atomic E-state index is 12.7. The van der Waals surface area contributed by atoms with E-state index in [1.807, 2.05) is 30.3 Å². The molecule has 5 nitrogen and oxygen atoms in total. The molecular formula is C20H13IN2O3. The number of hydrogen-bond donors (Lipinski definition) is 2. The average Bonchev–Trinajstić information content (AvgIpc) is 2.93. The number of aromatic hydroxyl groups is 1. The van der Waals surface area contributed by atoms with Crippen LogP contribution < -0.4 is 10.4 Å². The Kier molecular flexibility index (Phi) is 4.12. The van der Waals surface area contributed by atoms with Crippen LogP contribution in [0.1, 0.15) is 5.56 Å². The van der Waals surface area contributed by atoms with Crippen molar-refractivity contribution >= 4 is 56.9 Å². The summed E-state index contributed by atoms with van der Waals surface area (Å²) in [6.45, 7) is 0. The van der Waals surface area contributed by atoms with Crippen LogP contribution in [0, 0.1) is 3.57 Å². The molecule has 2 amide bonds. The van der Waals surface area contributed by atoms with Gasteiger partial charge in [-0.15, -0.1) is 0 Å². The summed E-state index contributed by atoms with van der Waals surface area (Å²) in [5.41, 5.74) is 3.94. The van der Waals surface area contributed by atoms with Crippen molar-refractivity contribution in [3.63, 3.8) is 0 Å². The summed E-state index contributed by atoms with van der Waals surface area (Å²) in [6, 6.07) is 17.8. The summed E-state index contributed by atoms with van der Waals surface area (Å²) >= 11 is 2.18. The summed E-state index contributed by atoms with van der Waals surface area (Å²) in [6.07, 6.45) is 1.56. The number of benzene rings is 3. The van der Waals surface area contributed by atoms with E-state index in [9.17, 15) is 14.7 Å². The number of fused-ring (bicyclic) bond motifs is 1. The largest absolute Gasteiger partial charge is 0.507 e. The van der Waals surface area contributed by atoms with E-state index < -0.39 is 11.8 Å². The molecule has 0 radical (unpaired) electrons. The number of anilines is 1. The van der Waals surface area contributed by atoms with Crippen LogP contribution in [-0.2, 0) is 9.59 Å². The number of phenols is 1. The molecule has 128 valence electrons. The molecule has 1 heterocycles. The van der Waals surface area contributed by atoms with Gasteiger partial charge in [0.25, 0.3) is 11.8 Å². The van der Waals surface area contributed by atoms with Gasteiger partial charge < -0.3 is 5.11 Å². The van der Waals surface area contributed by atoms with Crippen LogP contribution in [0.5, 0.6) is 5.75 Å². The Balaban J connectivity index is 1.76. The molecule has 4 rings (SSSR count). The smallest absolute Gasteiger partial charge is 0.282 e. The predicted octanol–water partition coefficient (Wildman–Crippen LogP) is 3.61. The van der Waals surface area contributed by atoms with Crippen LogP contribution in [0.25, 0.3) is 16.8 Å². The monoisotopic (exact) mass is 456 g/mol. The molecule has 1 fully saturated rings. The number of hydrazine groups is 1. The molecule has 3 aromatic rings. The number of nitrogens with one attached hydrogen (secondary N) is 1. The zero-order valence-electron chi connectivity index (χ0n) is 13.4. The second-order valence-electron chi connectivity index (χ2n) is 5.84. The molecule has 0 aromatic heterocycles. The minimum absolute atomic E-state index is 0.0550. The van der Waals surface area contributed by atoms with E-state index in [0.717, 1.165) is 8.96 Å². The van der Waals surface area contributed by atoms with E-state index in [1.54, 1.807) is 36.4 Å². The van der Waals surface area contributed by atoms with Gasteiger partial charge in [0.15, 0.2) is 0 Å². The number of carbonyl (C=O) groups excluding carboxylic acids is 2. The molecule has 1 aliphatic rings. The predicted molar refractivity (Wildman–Crippen MR) is 108 cm³/mol. The van der Waals surface area contributed by atoms with E-state index >= 15 is 0 Å². The van der Waals surface area contributed by atoms with Crippen molar-refractivity contribution in [1.82, 2.24) is 5.43 Å². The zero-order chi connectivity index (χ0) is 18.3. The molecule has 3 aromatic carbocycles. The Labute approximate surface area is 163 Å². The van der Waals surface area contributed by atoms with E-state index in [-0.39, 0.29) is 11.3 Å². The lowest BCUT2D eigenvalue weighted by molar-refractivity contribution is -0.117. The second-order valence-corrected chi connectivity index (χ2v) is 7.08. The maximum Gasteiger partial charge on any atom is 0.282 e. The summed E-state index contributed by atoms with van der Waals surface area (Å²) < 4.78 is 1.04. The SMILES string of the molecule is O=C1NN(c2ccc(I)cc2)C(=O)C1=Cc1ccc(O)c2ccccc12. The summed E-state index contributed by atoms with van der Waals surface area (Å²) in [7, 11) is 0. The highest BCUT2D eigenvalue weighted by Crippen LogP contribution is 2.30. The summed E-state index contributed by atoms with van der Waals surface area (Å²) in [4.78, 5) is 25.1. The summed E-state index contributed by atoms with van der Waals surface area (Å²) in [5, 5.41) is 12.7. The number of carbonyl (C=O) groups is 2. The molecule has 0 spiro atoms.